The van der Waals surface area contributed by atoms with Gasteiger partial charge in [-0.2, -0.15) is 0 Å². The fourth-order valence-corrected chi connectivity index (χ4v) is 12.3. The molecule has 2 heterocycles. The number of fused-ring (bicyclic) bond motifs is 4. The topological polar surface area (TPSA) is 44.0 Å². The first kappa shape index (κ1) is 59.5. The number of hydrogen-bond acceptors (Lipinski definition) is 2. The second-order valence-electron chi connectivity index (χ2n) is 23.0. The van der Waals surface area contributed by atoms with Crippen molar-refractivity contribution in [1.29, 1.82) is 0 Å². The summed E-state index contributed by atoms with van der Waals surface area (Å²) in [6, 6.07) is 21.0. The number of pyridine rings is 2. The minimum Gasteiger partial charge on any atom is -0.340 e. The molecule has 2 unspecified atom stereocenters. The van der Waals surface area contributed by atoms with Gasteiger partial charge in [0, 0.05) is 34.6 Å². The molecule has 0 bridgehead atoms. The maximum absolute atomic E-state index is 14.9. The van der Waals surface area contributed by atoms with Gasteiger partial charge in [0.25, 0.3) is 0 Å². The molecule has 0 radical (unpaired) electrons. The zero-order valence-electron chi connectivity index (χ0n) is 47.3. The first-order valence-corrected chi connectivity index (χ1v) is 31.5. The van der Waals surface area contributed by atoms with Crippen molar-refractivity contribution >= 4 is 43.6 Å². The second-order valence-corrected chi connectivity index (χ2v) is 23.0. The standard InChI is InChI=1S/C68H108N2O2/c1-5-9-13-17-21-25-27-31-35-39-47-57(45-37-33-29-23-19-15-11-7-3)55-69-63-51-43-41-49-59(63)67(71)61-54-66-62(53-65(61)69)68(72)60-50-42-44-52-64(60)70(66)56-58(46-38-34-30-24-20-16-12-8-4)48-40-36-32-28-26-22-18-14-10-6-2/h41-44,49-54,57-58H,5-40,45-48,55-56H2,1-4H3. The van der Waals surface area contributed by atoms with Crippen LogP contribution in [0.5, 0.6) is 0 Å². The number of nitrogens with zero attached hydrogens (tertiary/aromatic N) is 2. The Labute approximate surface area is 441 Å². The Bertz CT molecular complexity index is 2150. The number of para-hydroxylation sites is 2. The molecule has 0 fully saturated rings. The van der Waals surface area contributed by atoms with Crippen LogP contribution in [0.3, 0.4) is 0 Å². The highest BCUT2D eigenvalue weighted by Gasteiger charge is 2.21. The van der Waals surface area contributed by atoms with Crippen molar-refractivity contribution in [3.05, 3.63) is 81.1 Å². The summed E-state index contributed by atoms with van der Waals surface area (Å²) in [5.41, 5.74) is 4.11. The van der Waals surface area contributed by atoms with Crippen LogP contribution in [-0.2, 0) is 13.1 Å². The smallest absolute Gasteiger partial charge is 0.197 e. The molecule has 0 amide bonds. The van der Waals surface area contributed by atoms with E-state index in [9.17, 15) is 9.59 Å². The summed E-state index contributed by atoms with van der Waals surface area (Å²) in [6.07, 6.45) is 53.3. The third-order valence-electron chi connectivity index (χ3n) is 16.8. The van der Waals surface area contributed by atoms with Crippen LogP contribution in [0.4, 0.5) is 0 Å². The van der Waals surface area contributed by atoms with Gasteiger partial charge in [0.2, 0.25) is 0 Å². The quantitative estimate of drug-likeness (QED) is 0.0288. The summed E-state index contributed by atoms with van der Waals surface area (Å²) in [6.45, 7) is 11.0. The highest BCUT2D eigenvalue weighted by atomic mass is 16.1. The maximum atomic E-state index is 14.9. The van der Waals surface area contributed by atoms with Gasteiger partial charge in [-0.05, 0) is 73.9 Å². The van der Waals surface area contributed by atoms with Gasteiger partial charge in [-0.1, -0.05) is 283 Å². The molecule has 402 valence electrons. The molecule has 5 rings (SSSR count). The van der Waals surface area contributed by atoms with Crippen molar-refractivity contribution in [3.8, 4) is 0 Å². The van der Waals surface area contributed by atoms with E-state index in [0.29, 0.717) is 11.8 Å². The first-order chi connectivity index (χ1) is 35.5. The highest BCUT2D eigenvalue weighted by Crippen LogP contribution is 2.32. The molecule has 0 spiro atoms. The van der Waals surface area contributed by atoms with Crippen molar-refractivity contribution in [2.75, 3.05) is 0 Å². The van der Waals surface area contributed by atoms with Crippen molar-refractivity contribution < 1.29 is 0 Å². The molecule has 4 heteroatoms. The molecule has 0 saturated heterocycles. The van der Waals surface area contributed by atoms with E-state index in [1.54, 1.807) is 0 Å². The number of hydrogen-bond donors (Lipinski definition) is 0. The molecule has 0 aliphatic rings. The Morgan fingerprint density at radius 3 is 0.792 bits per heavy atom. The van der Waals surface area contributed by atoms with Crippen LogP contribution in [0, 0.1) is 11.8 Å². The third-order valence-corrected chi connectivity index (χ3v) is 16.8. The monoisotopic (exact) mass is 985 g/mol. The van der Waals surface area contributed by atoms with E-state index in [1.165, 1.54) is 257 Å². The number of aromatic nitrogens is 2. The van der Waals surface area contributed by atoms with E-state index >= 15 is 0 Å². The van der Waals surface area contributed by atoms with Crippen molar-refractivity contribution in [1.82, 2.24) is 9.13 Å². The molecular weight excluding hydrogens is 877 g/mol. The first-order valence-electron chi connectivity index (χ1n) is 31.5. The zero-order chi connectivity index (χ0) is 50.9. The van der Waals surface area contributed by atoms with E-state index in [-0.39, 0.29) is 10.9 Å². The summed E-state index contributed by atoms with van der Waals surface area (Å²) in [5.74, 6) is 1.06. The average molecular weight is 986 g/mol. The van der Waals surface area contributed by atoms with Crippen LogP contribution in [0.25, 0.3) is 43.6 Å². The fraction of sp³-hybridized carbons (Fsp3) is 0.706. The summed E-state index contributed by atoms with van der Waals surface area (Å²) < 4.78 is 4.96. The molecular formula is C68H108N2O2. The van der Waals surface area contributed by atoms with Crippen molar-refractivity contribution in [2.45, 2.75) is 298 Å². The van der Waals surface area contributed by atoms with E-state index in [0.717, 1.165) is 56.7 Å². The minimum absolute atomic E-state index is 0.0982. The van der Waals surface area contributed by atoms with Crippen LogP contribution < -0.4 is 10.9 Å². The predicted octanol–water partition coefficient (Wildman–Crippen LogP) is 21.5. The SMILES string of the molecule is CCCCCCCCCCCCC(CCCCCCCCCC)Cn1c2ccccc2c(=O)c2cc3c(cc21)c(=O)c1ccccc1n3CC(CCCCCCCCCC)CCCCCCCCCCCC. The van der Waals surface area contributed by atoms with Crippen molar-refractivity contribution in [3.63, 3.8) is 0 Å². The zero-order valence-corrected chi connectivity index (χ0v) is 47.3. The molecule has 0 N–H and O–H groups in total. The lowest BCUT2D eigenvalue weighted by Gasteiger charge is -2.24. The van der Waals surface area contributed by atoms with Crippen LogP contribution in [0.2, 0.25) is 0 Å². The van der Waals surface area contributed by atoms with Crippen LogP contribution in [0.15, 0.2) is 70.3 Å². The summed E-state index contributed by atoms with van der Waals surface area (Å²) in [7, 11) is 0. The second kappa shape index (κ2) is 36.5. The van der Waals surface area contributed by atoms with Gasteiger partial charge in [0.05, 0.1) is 22.1 Å². The van der Waals surface area contributed by atoms with E-state index < -0.39 is 0 Å². The van der Waals surface area contributed by atoms with E-state index in [4.69, 9.17) is 0 Å². The molecule has 3 aromatic carbocycles. The van der Waals surface area contributed by atoms with Gasteiger partial charge in [-0.25, -0.2) is 0 Å². The lowest BCUT2D eigenvalue weighted by Crippen LogP contribution is -2.20. The molecule has 2 aromatic heterocycles. The van der Waals surface area contributed by atoms with E-state index in [1.807, 2.05) is 24.3 Å². The highest BCUT2D eigenvalue weighted by molar-refractivity contribution is 6.03. The molecule has 4 nitrogen and oxygen atoms in total. The van der Waals surface area contributed by atoms with Gasteiger partial charge >= 0.3 is 0 Å². The minimum atomic E-state index is 0.0982. The Morgan fingerprint density at radius 1 is 0.292 bits per heavy atom. The van der Waals surface area contributed by atoms with Gasteiger partial charge in [0.15, 0.2) is 10.9 Å². The molecule has 2 atom stereocenters. The molecule has 72 heavy (non-hydrogen) atoms. The van der Waals surface area contributed by atoms with Gasteiger partial charge < -0.3 is 9.13 Å². The number of rotatable bonds is 44. The predicted molar refractivity (Wildman–Crippen MR) is 319 cm³/mol. The summed E-state index contributed by atoms with van der Waals surface area (Å²) in [4.78, 5) is 29.7. The lowest BCUT2D eigenvalue weighted by molar-refractivity contribution is 0.363. The van der Waals surface area contributed by atoms with Gasteiger partial charge in [-0.3, -0.25) is 9.59 Å². The number of unbranched alkanes of at least 4 members (excludes halogenated alkanes) is 32. The normalized spacial score (nSPS) is 12.8. The van der Waals surface area contributed by atoms with Crippen LogP contribution in [-0.4, -0.2) is 9.13 Å². The van der Waals surface area contributed by atoms with Crippen molar-refractivity contribution in [2.24, 2.45) is 11.8 Å². The average Bonchev–Trinajstić information content (AvgIpc) is 3.40. The Hall–Kier alpha value is -3.40. The third kappa shape index (κ3) is 20.4. The number of benzene rings is 3. The summed E-state index contributed by atoms with van der Waals surface area (Å²) >= 11 is 0. The van der Waals surface area contributed by atoms with Crippen LogP contribution >= 0.6 is 0 Å². The maximum Gasteiger partial charge on any atom is 0.197 e. The van der Waals surface area contributed by atoms with Gasteiger partial charge in [-0.15, -0.1) is 0 Å². The molecule has 0 aliphatic heterocycles. The largest absolute Gasteiger partial charge is 0.340 e. The van der Waals surface area contributed by atoms with E-state index in [2.05, 4.69) is 73.2 Å². The van der Waals surface area contributed by atoms with Crippen LogP contribution in [0.1, 0.15) is 285 Å². The fourth-order valence-electron chi connectivity index (χ4n) is 12.3. The Morgan fingerprint density at radius 2 is 0.528 bits per heavy atom. The molecule has 0 aliphatic carbocycles. The Kier molecular flexibility index (Phi) is 30.2. The Balaban J connectivity index is 1.44. The van der Waals surface area contributed by atoms with Gasteiger partial charge in [0.1, 0.15) is 0 Å². The summed E-state index contributed by atoms with van der Waals surface area (Å²) in [5, 5.41) is 3.14. The molecule has 5 aromatic rings. The molecule has 0 saturated carbocycles. The lowest BCUT2D eigenvalue weighted by atomic mass is 9.92.